The van der Waals surface area contributed by atoms with Gasteiger partial charge in [0.2, 0.25) is 0 Å². The molecule has 1 saturated heterocycles. The molecule has 134 valence electrons. The minimum absolute atomic E-state index is 0.555. The van der Waals surface area contributed by atoms with Crippen molar-refractivity contribution in [3.05, 3.63) is 54.6 Å². The third kappa shape index (κ3) is 4.42. The molecule has 0 spiro atoms. The number of nitrogens with two attached hydrogens (primary N) is 1. The predicted molar refractivity (Wildman–Crippen MR) is 106 cm³/mol. The van der Waals surface area contributed by atoms with Gasteiger partial charge in [0, 0.05) is 5.39 Å². The highest BCUT2D eigenvalue weighted by Crippen LogP contribution is 2.39. The SMILES string of the molecule is C=CCOc1c(C2CCN(CCCCN)CC2)ccc2ccccc12. The number of likely N-dealkylation sites (tertiary alicyclic amines) is 1. The average Bonchev–Trinajstić information content (AvgIpc) is 2.67. The monoisotopic (exact) mass is 338 g/mol. The number of fused-ring (bicyclic) bond motifs is 1. The summed E-state index contributed by atoms with van der Waals surface area (Å²) in [6, 6.07) is 13.0. The lowest BCUT2D eigenvalue weighted by Gasteiger charge is -2.33. The summed E-state index contributed by atoms with van der Waals surface area (Å²) in [7, 11) is 0. The van der Waals surface area contributed by atoms with Crippen LogP contribution < -0.4 is 10.5 Å². The molecule has 0 unspecified atom stereocenters. The van der Waals surface area contributed by atoms with E-state index in [0.717, 1.165) is 18.7 Å². The first-order chi connectivity index (χ1) is 12.3. The number of hydrogen-bond acceptors (Lipinski definition) is 3. The van der Waals surface area contributed by atoms with E-state index < -0.39 is 0 Å². The highest BCUT2D eigenvalue weighted by atomic mass is 16.5. The molecule has 0 saturated carbocycles. The zero-order valence-electron chi connectivity index (χ0n) is 15.1. The van der Waals surface area contributed by atoms with Gasteiger partial charge in [-0.3, -0.25) is 0 Å². The van der Waals surface area contributed by atoms with Crippen molar-refractivity contribution < 1.29 is 4.74 Å². The molecule has 0 aliphatic carbocycles. The summed E-state index contributed by atoms with van der Waals surface area (Å²) in [4.78, 5) is 2.58. The molecule has 25 heavy (non-hydrogen) atoms. The molecule has 3 heteroatoms. The topological polar surface area (TPSA) is 38.5 Å². The van der Waals surface area contributed by atoms with Crippen molar-refractivity contribution in [1.29, 1.82) is 0 Å². The second-order valence-electron chi connectivity index (χ2n) is 6.92. The van der Waals surface area contributed by atoms with Crippen molar-refractivity contribution in [3.63, 3.8) is 0 Å². The zero-order chi connectivity index (χ0) is 17.5. The van der Waals surface area contributed by atoms with E-state index in [-0.39, 0.29) is 0 Å². The van der Waals surface area contributed by atoms with Crippen molar-refractivity contribution in [2.75, 3.05) is 32.8 Å². The number of rotatable bonds is 8. The van der Waals surface area contributed by atoms with Gasteiger partial charge >= 0.3 is 0 Å². The molecule has 0 amide bonds. The number of hydrogen-bond donors (Lipinski definition) is 1. The zero-order valence-corrected chi connectivity index (χ0v) is 15.1. The van der Waals surface area contributed by atoms with Crippen LogP contribution >= 0.6 is 0 Å². The Hall–Kier alpha value is -1.84. The lowest BCUT2D eigenvalue weighted by molar-refractivity contribution is 0.207. The molecule has 2 N–H and O–H groups in total. The molecule has 1 aliphatic rings. The molecule has 1 heterocycles. The minimum atomic E-state index is 0.555. The lowest BCUT2D eigenvalue weighted by Crippen LogP contribution is -2.34. The van der Waals surface area contributed by atoms with Crippen LogP contribution in [0.2, 0.25) is 0 Å². The van der Waals surface area contributed by atoms with E-state index in [0.29, 0.717) is 12.5 Å². The van der Waals surface area contributed by atoms with E-state index in [1.54, 1.807) is 0 Å². The van der Waals surface area contributed by atoms with Gasteiger partial charge in [-0.25, -0.2) is 0 Å². The molecule has 0 atom stereocenters. The van der Waals surface area contributed by atoms with Gasteiger partial charge in [0.25, 0.3) is 0 Å². The number of benzene rings is 2. The number of ether oxygens (including phenoxy) is 1. The van der Waals surface area contributed by atoms with Crippen molar-refractivity contribution in [1.82, 2.24) is 4.90 Å². The molecule has 0 aromatic heterocycles. The Bertz CT molecular complexity index is 689. The number of unbranched alkanes of at least 4 members (excludes halogenated alkanes) is 1. The Balaban J connectivity index is 1.75. The molecule has 3 nitrogen and oxygen atoms in total. The quantitative estimate of drug-likeness (QED) is 0.575. The summed E-state index contributed by atoms with van der Waals surface area (Å²) in [6.45, 7) is 8.68. The Morgan fingerprint density at radius 2 is 1.92 bits per heavy atom. The second-order valence-corrected chi connectivity index (χ2v) is 6.92. The van der Waals surface area contributed by atoms with E-state index in [2.05, 4.69) is 47.9 Å². The first kappa shape index (κ1) is 18.0. The van der Waals surface area contributed by atoms with Gasteiger partial charge in [0.15, 0.2) is 0 Å². The molecular formula is C22H30N2O. The Kier molecular flexibility index (Phi) is 6.48. The summed E-state index contributed by atoms with van der Waals surface area (Å²) in [5.41, 5.74) is 6.97. The summed E-state index contributed by atoms with van der Waals surface area (Å²) in [5, 5.41) is 2.46. The van der Waals surface area contributed by atoms with Gasteiger partial charge in [-0.15, -0.1) is 0 Å². The largest absolute Gasteiger partial charge is 0.489 e. The first-order valence-electron chi connectivity index (χ1n) is 9.51. The van der Waals surface area contributed by atoms with Crippen LogP contribution in [0.3, 0.4) is 0 Å². The summed E-state index contributed by atoms with van der Waals surface area (Å²) < 4.78 is 6.11. The maximum absolute atomic E-state index is 6.11. The van der Waals surface area contributed by atoms with E-state index in [4.69, 9.17) is 10.5 Å². The van der Waals surface area contributed by atoms with Crippen molar-refractivity contribution in [2.45, 2.75) is 31.6 Å². The van der Waals surface area contributed by atoms with E-state index in [9.17, 15) is 0 Å². The predicted octanol–water partition coefficient (Wildman–Crippen LogP) is 4.32. The van der Waals surface area contributed by atoms with Crippen molar-refractivity contribution in [2.24, 2.45) is 5.73 Å². The van der Waals surface area contributed by atoms with E-state index in [1.807, 2.05) is 6.08 Å². The van der Waals surface area contributed by atoms with Crippen LogP contribution in [0.5, 0.6) is 5.75 Å². The van der Waals surface area contributed by atoms with Gasteiger partial charge in [-0.05, 0) is 68.7 Å². The molecule has 3 rings (SSSR count). The standard InChI is InChI=1S/C22H30N2O/c1-2-17-25-22-20-8-4-3-7-18(20)9-10-21(22)19-11-15-24(16-12-19)14-6-5-13-23/h2-4,7-10,19H,1,5-6,11-17,23H2. The van der Waals surface area contributed by atoms with E-state index >= 15 is 0 Å². The highest BCUT2D eigenvalue weighted by molar-refractivity contribution is 5.89. The van der Waals surface area contributed by atoms with Crippen LogP contribution in [0.15, 0.2) is 49.1 Å². The fraction of sp³-hybridized carbons (Fsp3) is 0.455. The second kappa shape index (κ2) is 9.02. The van der Waals surface area contributed by atoms with E-state index in [1.165, 1.54) is 55.2 Å². The average molecular weight is 338 g/mol. The maximum Gasteiger partial charge on any atom is 0.131 e. The van der Waals surface area contributed by atoms with Gasteiger partial charge in [-0.2, -0.15) is 0 Å². The Labute approximate surface area is 151 Å². The summed E-state index contributed by atoms with van der Waals surface area (Å²) in [5.74, 6) is 1.63. The molecular weight excluding hydrogens is 308 g/mol. The number of nitrogens with zero attached hydrogens (tertiary/aromatic N) is 1. The van der Waals surface area contributed by atoms with Crippen LogP contribution in [0.25, 0.3) is 10.8 Å². The van der Waals surface area contributed by atoms with Crippen LogP contribution in [0.4, 0.5) is 0 Å². The van der Waals surface area contributed by atoms with Crippen LogP contribution in [0, 0.1) is 0 Å². The minimum Gasteiger partial charge on any atom is -0.489 e. The van der Waals surface area contributed by atoms with Crippen LogP contribution in [-0.4, -0.2) is 37.7 Å². The Morgan fingerprint density at radius 1 is 1.12 bits per heavy atom. The smallest absolute Gasteiger partial charge is 0.131 e. The van der Waals surface area contributed by atoms with Gasteiger partial charge in [0.05, 0.1) is 0 Å². The maximum atomic E-state index is 6.11. The molecule has 2 aromatic rings. The fourth-order valence-electron chi connectivity index (χ4n) is 3.83. The molecule has 0 radical (unpaired) electrons. The van der Waals surface area contributed by atoms with Crippen LogP contribution in [-0.2, 0) is 0 Å². The molecule has 1 fully saturated rings. The summed E-state index contributed by atoms with van der Waals surface area (Å²) >= 11 is 0. The van der Waals surface area contributed by atoms with Gasteiger partial charge < -0.3 is 15.4 Å². The molecule has 1 aliphatic heterocycles. The third-order valence-corrected chi connectivity index (χ3v) is 5.21. The Morgan fingerprint density at radius 3 is 2.68 bits per heavy atom. The van der Waals surface area contributed by atoms with Gasteiger partial charge in [-0.1, -0.05) is 49.1 Å². The molecule has 2 aromatic carbocycles. The van der Waals surface area contributed by atoms with Crippen molar-refractivity contribution >= 4 is 10.8 Å². The van der Waals surface area contributed by atoms with Crippen molar-refractivity contribution in [3.8, 4) is 5.75 Å². The highest BCUT2D eigenvalue weighted by Gasteiger charge is 2.23. The molecule has 0 bridgehead atoms. The fourth-order valence-corrected chi connectivity index (χ4v) is 3.83. The normalized spacial score (nSPS) is 16.2. The lowest BCUT2D eigenvalue weighted by atomic mass is 9.87. The van der Waals surface area contributed by atoms with Crippen LogP contribution in [0.1, 0.15) is 37.2 Å². The first-order valence-corrected chi connectivity index (χ1v) is 9.51. The summed E-state index contributed by atoms with van der Waals surface area (Å²) in [6.07, 6.45) is 6.57. The third-order valence-electron chi connectivity index (χ3n) is 5.21. The number of piperidine rings is 1. The van der Waals surface area contributed by atoms with Gasteiger partial charge in [0.1, 0.15) is 12.4 Å².